The van der Waals surface area contributed by atoms with Crippen molar-refractivity contribution in [3.8, 4) is 0 Å². The quantitative estimate of drug-likeness (QED) is 0.873. The first-order valence-corrected chi connectivity index (χ1v) is 7.62. The molecule has 5 heteroatoms. The second-order valence-electron chi connectivity index (χ2n) is 5.48. The lowest BCUT2D eigenvalue weighted by Gasteiger charge is -2.35. The molecule has 0 N–H and O–H groups in total. The number of aromatic nitrogens is 2. The molecule has 3 rings (SSSR count). The van der Waals surface area contributed by atoms with E-state index >= 15 is 0 Å². The van der Waals surface area contributed by atoms with Gasteiger partial charge in [-0.05, 0) is 31.0 Å². The second-order valence-corrected chi connectivity index (χ2v) is 5.48. The SMILES string of the molecule is CCc1cnc(C)nc1N1CCOC(c2ccc(F)cc2)C1. The molecule has 0 spiro atoms. The molecule has 1 unspecified atom stereocenters. The minimum Gasteiger partial charge on any atom is -0.370 e. The molecule has 22 heavy (non-hydrogen) atoms. The molecule has 1 atom stereocenters. The van der Waals surface area contributed by atoms with Crippen molar-refractivity contribution in [1.82, 2.24) is 9.97 Å². The van der Waals surface area contributed by atoms with Crippen LogP contribution >= 0.6 is 0 Å². The van der Waals surface area contributed by atoms with Crippen molar-refractivity contribution in [1.29, 1.82) is 0 Å². The number of rotatable bonds is 3. The molecule has 1 aromatic carbocycles. The normalized spacial score (nSPS) is 18.5. The number of morpholine rings is 1. The van der Waals surface area contributed by atoms with E-state index in [1.807, 2.05) is 13.1 Å². The second kappa shape index (κ2) is 6.40. The smallest absolute Gasteiger partial charge is 0.135 e. The van der Waals surface area contributed by atoms with Gasteiger partial charge in [0.1, 0.15) is 23.6 Å². The summed E-state index contributed by atoms with van der Waals surface area (Å²) in [6.07, 6.45) is 2.74. The number of nitrogens with zero attached hydrogens (tertiary/aromatic N) is 3. The summed E-state index contributed by atoms with van der Waals surface area (Å²) in [5.74, 6) is 1.54. The zero-order valence-corrected chi connectivity index (χ0v) is 12.9. The van der Waals surface area contributed by atoms with Crippen molar-refractivity contribution in [2.75, 3.05) is 24.6 Å². The maximum atomic E-state index is 13.1. The van der Waals surface area contributed by atoms with E-state index in [0.29, 0.717) is 6.61 Å². The number of ether oxygens (including phenoxy) is 1. The predicted octanol–water partition coefficient (Wildman–Crippen LogP) is 3.06. The van der Waals surface area contributed by atoms with E-state index in [9.17, 15) is 4.39 Å². The summed E-state index contributed by atoms with van der Waals surface area (Å²) < 4.78 is 18.9. The van der Waals surface area contributed by atoms with Crippen LogP contribution < -0.4 is 4.90 Å². The van der Waals surface area contributed by atoms with Gasteiger partial charge < -0.3 is 9.64 Å². The first-order valence-electron chi connectivity index (χ1n) is 7.62. The van der Waals surface area contributed by atoms with Gasteiger partial charge in [0, 0.05) is 24.8 Å². The summed E-state index contributed by atoms with van der Waals surface area (Å²) in [5.41, 5.74) is 2.14. The van der Waals surface area contributed by atoms with Gasteiger partial charge in [0.2, 0.25) is 0 Å². The highest BCUT2D eigenvalue weighted by Crippen LogP contribution is 2.27. The monoisotopic (exact) mass is 301 g/mol. The highest BCUT2D eigenvalue weighted by atomic mass is 19.1. The highest BCUT2D eigenvalue weighted by molar-refractivity contribution is 5.47. The molecule has 0 aliphatic carbocycles. The Morgan fingerprint density at radius 2 is 2.09 bits per heavy atom. The number of benzene rings is 1. The Morgan fingerprint density at radius 1 is 1.32 bits per heavy atom. The average molecular weight is 301 g/mol. The molecule has 0 radical (unpaired) electrons. The third-order valence-corrected chi connectivity index (χ3v) is 3.95. The molecular weight excluding hydrogens is 281 g/mol. The van der Waals surface area contributed by atoms with Crippen molar-refractivity contribution in [2.45, 2.75) is 26.4 Å². The summed E-state index contributed by atoms with van der Waals surface area (Å²) in [4.78, 5) is 11.1. The zero-order chi connectivity index (χ0) is 15.5. The number of aryl methyl sites for hydroxylation is 2. The van der Waals surface area contributed by atoms with Crippen LogP contribution in [-0.4, -0.2) is 29.7 Å². The van der Waals surface area contributed by atoms with Crippen LogP contribution in [0.4, 0.5) is 10.2 Å². The molecule has 2 heterocycles. The Bertz CT molecular complexity index is 645. The van der Waals surface area contributed by atoms with Crippen molar-refractivity contribution >= 4 is 5.82 Å². The van der Waals surface area contributed by atoms with Gasteiger partial charge in [-0.1, -0.05) is 19.1 Å². The summed E-state index contributed by atoms with van der Waals surface area (Å²) in [6.45, 7) is 6.17. The Morgan fingerprint density at radius 3 is 2.82 bits per heavy atom. The minimum atomic E-state index is -0.226. The molecule has 1 saturated heterocycles. The fraction of sp³-hybridized carbons (Fsp3) is 0.412. The van der Waals surface area contributed by atoms with E-state index in [-0.39, 0.29) is 11.9 Å². The van der Waals surface area contributed by atoms with E-state index in [2.05, 4.69) is 21.8 Å². The number of hydrogen-bond acceptors (Lipinski definition) is 4. The molecule has 1 aromatic heterocycles. The van der Waals surface area contributed by atoms with Crippen molar-refractivity contribution in [2.24, 2.45) is 0 Å². The third-order valence-electron chi connectivity index (χ3n) is 3.95. The molecule has 116 valence electrons. The maximum absolute atomic E-state index is 13.1. The summed E-state index contributed by atoms with van der Waals surface area (Å²) >= 11 is 0. The highest BCUT2D eigenvalue weighted by Gasteiger charge is 2.24. The number of hydrogen-bond donors (Lipinski definition) is 0. The lowest BCUT2D eigenvalue weighted by atomic mass is 10.1. The van der Waals surface area contributed by atoms with E-state index in [4.69, 9.17) is 4.74 Å². The van der Waals surface area contributed by atoms with E-state index < -0.39 is 0 Å². The molecular formula is C17H20FN3O. The molecule has 0 amide bonds. The van der Waals surface area contributed by atoms with Gasteiger partial charge >= 0.3 is 0 Å². The maximum Gasteiger partial charge on any atom is 0.135 e. The number of anilines is 1. The van der Waals surface area contributed by atoms with E-state index in [1.165, 1.54) is 12.1 Å². The molecule has 2 aromatic rings. The van der Waals surface area contributed by atoms with Gasteiger partial charge in [-0.3, -0.25) is 0 Å². The Labute approximate surface area is 130 Å². The van der Waals surface area contributed by atoms with Crippen LogP contribution in [0.5, 0.6) is 0 Å². The summed E-state index contributed by atoms with van der Waals surface area (Å²) in [6, 6.07) is 6.53. The van der Waals surface area contributed by atoms with Crippen molar-refractivity contribution in [3.63, 3.8) is 0 Å². The Hall–Kier alpha value is -2.01. The first kappa shape index (κ1) is 14.9. The fourth-order valence-corrected chi connectivity index (χ4v) is 2.73. The van der Waals surface area contributed by atoms with Gasteiger partial charge in [0.05, 0.1) is 6.61 Å². The Balaban J connectivity index is 1.84. The van der Waals surface area contributed by atoms with Gasteiger partial charge in [-0.15, -0.1) is 0 Å². The molecule has 4 nitrogen and oxygen atoms in total. The van der Waals surface area contributed by atoms with Gasteiger partial charge in [0.15, 0.2) is 0 Å². The van der Waals surface area contributed by atoms with E-state index in [0.717, 1.165) is 42.3 Å². The Kier molecular flexibility index (Phi) is 4.34. The van der Waals surface area contributed by atoms with Crippen LogP contribution in [0.3, 0.4) is 0 Å². The van der Waals surface area contributed by atoms with Crippen LogP contribution in [0.1, 0.15) is 30.0 Å². The third kappa shape index (κ3) is 3.09. The standard InChI is InChI=1S/C17H20FN3O/c1-3-13-10-19-12(2)20-17(13)21-8-9-22-16(11-21)14-4-6-15(18)7-5-14/h4-7,10,16H,3,8-9,11H2,1-2H3. The molecule has 1 aliphatic heterocycles. The lowest BCUT2D eigenvalue weighted by molar-refractivity contribution is 0.0394. The molecule has 0 saturated carbocycles. The minimum absolute atomic E-state index is 0.0608. The van der Waals surface area contributed by atoms with E-state index in [1.54, 1.807) is 12.1 Å². The van der Waals surface area contributed by atoms with Gasteiger partial charge in [-0.25, -0.2) is 14.4 Å². The van der Waals surface area contributed by atoms with Gasteiger partial charge in [-0.2, -0.15) is 0 Å². The van der Waals surface area contributed by atoms with Crippen molar-refractivity contribution < 1.29 is 9.13 Å². The zero-order valence-electron chi connectivity index (χ0n) is 12.9. The van der Waals surface area contributed by atoms with Crippen LogP contribution in [0.2, 0.25) is 0 Å². The average Bonchev–Trinajstić information content (AvgIpc) is 2.55. The molecule has 1 fully saturated rings. The van der Waals surface area contributed by atoms with Crippen LogP contribution in [0.25, 0.3) is 0 Å². The lowest BCUT2D eigenvalue weighted by Crippen LogP contribution is -2.39. The van der Waals surface area contributed by atoms with Crippen LogP contribution in [-0.2, 0) is 11.2 Å². The largest absolute Gasteiger partial charge is 0.370 e. The summed E-state index contributed by atoms with van der Waals surface area (Å²) in [5, 5.41) is 0. The molecule has 1 aliphatic rings. The predicted molar refractivity (Wildman–Crippen MR) is 83.5 cm³/mol. The topological polar surface area (TPSA) is 38.2 Å². The summed E-state index contributed by atoms with van der Waals surface area (Å²) in [7, 11) is 0. The fourth-order valence-electron chi connectivity index (χ4n) is 2.73. The van der Waals surface area contributed by atoms with Crippen LogP contribution in [0, 0.1) is 12.7 Å². The first-order chi connectivity index (χ1) is 10.7. The van der Waals surface area contributed by atoms with Gasteiger partial charge in [0.25, 0.3) is 0 Å². The van der Waals surface area contributed by atoms with Crippen molar-refractivity contribution in [3.05, 3.63) is 53.2 Å². The molecule has 0 bridgehead atoms. The number of halogens is 1. The van der Waals surface area contributed by atoms with Crippen LogP contribution in [0.15, 0.2) is 30.5 Å².